The number of benzene rings is 1. The number of aliphatic hydroxyl groups excluding tert-OH is 1. The SMILES string of the molecule is COc1ccc([C@@H]2C(C(C)=O)=C(O)C(=O)N2c2cccnc2)cc1OC. The van der Waals surface area contributed by atoms with E-state index in [4.69, 9.17) is 9.47 Å². The molecule has 0 spiro atoms. The number of hydrogen-bond donors (Lipinski definition) is 1. The van der Waals surface area contributed by atoms with Crippen molar-refractivity contribution in [3.8, 4) is 11.5 Å². The van der Waals surface area contributed by atoms with E-state index in [-0.39, 0.29) is 11.4 Å². The maximum Gasteiger partial charge on any atom is 0.294 e. The Bertz CT molecular complexity index is 892. The Balaban J connectivity index is 2.19. The van der Waals surface area contributed by atoms with E-state index in [9.17, 15) is 14.7 Å². The van der Waals surface area contributed by atoms with Crippen LogP contribution in [0, 0.1) is 0 Å². The van der Waals surface area contributed by atoms with Crippen molar-refractivity contribution in [1.82, 2.24) is 4.98 Å². The molecule has 0 radical (unpaired) electrons. The number of aromatic nitrogens is 1. The molecule has 0 aliphatic carbocycles. The van der Waals surface area contributed by atoms with Crippen LogP contribution in [-0.2, 0) is 9.59 Å². The lowest BCUT2D eigenvalue weighted by atomic mass is 9.96. The fourth-order valence-corrected chi connectivity index (χ4v) is 3.07. The van der Waals surface area contributed by atoms with Crippen LogP contribution in [0.4, 0.5) is 5.69 Å². The highest BCUT2D eigenvalue weighted by Crippen LogP contribution is 2.42. The average Bonchev–Trinajstić information content (AvgIpc) is 2.93. The molecule has 26 heavy (non-hydrogen) atoms. The van der Waals surface area contributed by atoms with Crippen LogP contribution in [0.5, 0.6) is 11.5 Å². The second-order valence-electron chi connectivity index (χ2n) is 5.72. The van der Waals surface area contributed by atoms with E-state index >= 15 is 0 Å². The molecule has 1 aromatic heterocycles. The molecule has 1 aromatic carbocycles. The number of nitrogens with zero attached hydrogens (tertiary/aromatic N) is 2. The highest BCUT2D eigenvalue weighted by molar-refractivity contribution is 6.16. The van der Waals surface area contributed by atoms with Crippen LogP contribution in [0.1, 0.15) is 18.5 Å². The highest BCUT2D eigenvalue weighted by atomic mass is 16.5. The van der Waals surface area contributed by atoms with Gasteiger partial charge in [0.05, 0.1) is 37.7 Å². The number of methoxy groups -OCH3 is 2. The van der Waals surface area contributed by atoms with Gasteiger partial charge < -0.3 is 14.6 Å². The minimum Gasteiger partial charge on any atom is -0.503 e. The molecule has 0 bridgehead atoms. The molecule has 1 atom stereocenters. The van der Waals surface area contributed by atoms with Crippen LogP contribution >= 0.6 is 0 Å². The van der Waals surface area contributed by atoms with Gasteiger partial charge in [0.25, 0.3) is 5.91 Å². The summed E-state index contributed by atoms with van der Waals surface area (Å²) in [5, 5.41) is 10.3. The fraction of sp³-hybridized carbons (Fsp3) is 0.211. The van der Waals surface area contributed by atoms with Gasteiger partial charge in [0, 0.05) is 6.20 Å². The van der Waals surface area contributed by atoms with Gasteiger partial charge in [-0.25, -0.2) is 0 Å². The summed E-state index contributed by atoms with van der Waals surface area (Å²) in [6, 6.07) is 7.68. The third-order valence-corrected chi connectivity index (χ3v) is 4.23. The predicted molar refractivity (Wildman–Crippen MR) is 94.3 cm³/mol. The van der Waals surface area contributed by atoms with Crippen molar-refractivity contribution in [2.24, 2.45) is 0 Å². The Morgan fingerprint density at radius 2 is 1.92 bits per heavy atom. The summed E-state index contributed by atoms with van der Waals surface area (Å²) in [6.07, 6.45) is 3.08. The lowest BCUT2D eigenvalue weighted by molar-refractivity contribution is -0.117. The maximum absolute atomic E-state index is 12.7. The van der Waals surface area contributed by atoms with Crippen LogP contribution in [0.2, 0.25) is 0 Å². The van der Waals surface area contributed by atoms with E-state index in [0.717, 1.165) is 0 Å². The van der Waals surface area contributed by atoms with Gasteiger partial charge in [0.15, 0.2) is 23.0 Å². The topological polar surface area (TPSA) is 89.0 Å². The largest absolute Gasteiger partial charge is 0.503 e. The average molecular weight is 354 g/mol. The first-order valence-electron chi connectivity index (χ1n) is 7.89. The van der Waals surface area contributed by atoms with Gasteiger partial charge in [-0.05, 0) is 36.8 Å². The zero-order valence-corrected chi connectivity index (χ0v) is 14.6. The summed E-state index contributed by atoms with van der Waals surface area (Å²) in [7, 11) is 3.02. The quantitative estimate of drug-likeness (QED) is 0.888. The van der Waals surface area contributed by atoms with Gasteiger partial charge in [-0.2, -0.15) is 0 Å². The summed E-state index contributed by atoms with van der Waals surface area (Å²) in [6.45, 7) is 1.32. The van der Waals surface area contributed by atoms with Crippen LogP contribution in [-0.4, -0.2) is 36.0 Å². The Morgan fingerprint density at radius 1 is 1.19 bits per heavy atom. The lowest BCUT2D eigenvalue weighted by Gasteiger charge is -2.26. The second-order valence-corrected chi connectivity index (χ2v) is 5.72. The Morgan fingerprint density at radius 3 is 2.50 bits per heavy atom. The van der Waals surface area contributed by atoms with Gasteiger partial charge in [-0.3, -0.25) is 19.5 Å². The standard InChI is InChI=1S/C19H18N2O5/c1-11(22)16-17(12-6-7-14(25-2)15(9-12)26-3)21(19(24)18(16)23)13-5-4-8-20-10-13/h4-10,17,23H,1-3H3/t17-/m1/s1. The van der Waals surface area contributed by atoms with Crippen molar-refractivity contribution in [1.29, 1.82) is 0 Å². The van der Waals surface area contributed by atoms with Gasteiger partial charge in [0.2, 0.25) is 0 Å². The number of carbonyl (C=O) groups is 2. The summed E-state index contributed by atoms with van der Waals surface area (Å²) >= 11 is 0. The number of amides is 1. The Kier molecular flexibility index (Phi) is 4.62. The number of aliphatic hydroxyl groups is 1. The zero-order chi connectivity index (χ0) is 18.8. The minimum atomic E-state index is -0.788. The van der Waals surface area contributed by atoms with Crippen molar-refractivity contribution in [3.63, 3.8) is 0 Å². The molecule has 7 heteroatoms. The third kappa shape index (κ3) is 2.77. The molecule has 7 nitrogen and oxygen atoms in total. The number of Topliss-reactive ketones (excluding diaryl/α,β-unsaturated/α-hetero) is 1. The zero-order valence-electron chi connectivity index (χ0n) is 14.6. The molecule has 2 heterocycles. The molecule has 0 saturated heterocycles. The molecule has 0 saturated carbocycles. The smallest absolute Gasteiger partial charge is 0.294 e. The van der Waals surface area contributed by atoms with Crippen molar-refractivity contribution in [2.45, 2.75) is 13.0 Å². The molecule has 0 unspecified atom stereocenters. The monoisotopic (exact) mass is 354 g/mol. The van der Waals surface area contributed by atoms with Gasteiger partial charge in [-0.1, -0.05) is 6.07 Å². The molecule has 0 fully saturated rings. The molecule has 1 aliphatic heterocycles. The maximum atomic E-state index is 12.7. The summed E-state index contributed by atoms with van der Waals surface area (Å²) in [5.41, 5.74) is 1.11. The molecule has 134 valence electrons. The van der Waals surface area contributed by atoms with E-state index in [1.165, 1.54) is 32.2 Å². The van der Waals surface area contributed by atoms with Gasteiger partial charge in [-0.15, -0.1) is 0 Å². The predicted octanol–water partition coefficient (Wildman–Crippen LogP) is 2.59. The highest BCUT2D eigenvalue weighted by Gasteiger charge is 2.43. The molecule has 3 rings (SSSR count). The first-order valence-corrected chi connectivity index (χ1v) is 7.89. The number of pyridine rings is 1. The molecule has 2 aromatic rings. The summed E-state index contributed by atoms with van der Waals surface area (Å²) < 4.78 is 10.6. The van der Waals surface area contributed by atoms with Crippen LogP contribution in [0.15, 0.2) is 54.1 Å². The first kappa shape index (κ1) is 17.5. The van der Waals surface area contributed by atoms with Crippen molar-refractivity contribution >= 4 is 17.4 Å². The summed E-state index contributed by atoms with van der Waals surface area (Å²) in [5.74, 6) is -0.616. The molecule has 1 N–H and O–H groups in total. The minimum absolute atomic E-state index is 0.0334. The van der Waals surface area contributed by atoms with E-state index in [0.29, 0.717) is 22.7 Å². The van der Waals surface area contributed by atoms with E-state index in [1.807, 2.05) is 0 Å². The van der Waals surface area contributed by atoms with E-state index < -0.39 is 17.7 Å². The van der Waals surface area contributed by atoms with Crippen LogP contribution in [0.3, 0.4) is 0 Å². The van der Waals surface area contributed by atoms with Crippen molar-refractivity contribution in [2.75, 3.05) is 19.1 Å². The van der Waals surface area contributed by atoms with Gasteiger partial charge in [0.1, 0.15) is 0 Å². The fourth-order valence-electron chi connectivity index (χ4n) is 3.07. The summed E-state index contributed by atoms with van der Waals surface area (Å²) in [4.78, 5) is 30.2. The second kappa shape index (κ2) is 6.87. The van der Waals surface area contributed by atoms with E-state index in [1.54, 1.807) is 36.5 Å². The van der Waals surface area contributed by atoms with Crippen LogP contribution < -0.4 is 14.4 Å². The molecule has 1 aliphatic rings. The normalized spacial score (nSPS) is 16.8. The number of rotatable bonds is 5. The molecule has 1 amide bonds. The number of ether oxygens (including phenoxy) is 2. The third-order valence-electron chi connectivity index (χ3n) is 4.23. The number of hydrogen-bond acceptors (Lipinski definition) is 6. The molecular formula is C19H18N2O5. The molecular weight excluding hydrogens is 336 g/mol. The lowest BCUT2D eigenvalue weighted by Crippen LogP contribution is -2.30. The van der Waals surface area contributed by atoms with Gasteiger partial charge >= 0.3 is 0 Å². The Hall–Kier alpha value is -3.35. The van der Waals surface area contributed by atoms with Crippen LogP contribution in [0.25, 0.3) is 0 Å². The first-order chi connectivity index (χ1) is 12.5. The number of ketones is 1. The number of carbonyl (C=O) groups excluding carboxylic acids is 2. The van der Waals surface area contributed by atoms with E-state index in [2.05, 4.69) is 4.98 Å². The Labute approximate surface area is 150 Å². The van der Waals surface area contributed by atoms with Crippen molar-refractivity contribution in [3.05, 3.63) is 59.6 Å². The number of anilines is 1. The van der Waals surface area contributed by atoms with Crippen molar-refractivity contribution < 1.29 is 24.2 Å².